The van der Waals surface area contributed by atoms with E-state index in [4.69, 9.17) is 9.47 Å². The average molecular weight is 280 g/mol. The predicted octanol–water partition coefficient (Wildman–Crippen LogP) is 1.01. The molecule has 0 aliphatic carbocycles. The molecule has 0 saturated carbocycles. The van der Waals surface area contributed by atoms with Gasteiger partial charge >= 0.3 is 5.97 Å². The summed E-state index contributed by atoms with van der Waals surface area (Å²) in [5.41, 5.74) is 0.863. The van der Waals surface area contributed by atoms with Crippen LogP contribution in [0.4, 0.5) is 0 Å². The maximum atomic E-state index is 11.2. The average Bonchev–Trinajstić information content (AvgIpc) is 2.94. The summed E-state index contributed by atoms with van der Waals surface area (Å²) in [6.45, 7) is 4.08. The first-order valence-electron chi connectivity index (χ1n) is 6.70. The van der Waals surface area contributed by atoms with E-state index in [2.05, 4.69) is 9.88 Å². The Morgan fingerprint density at radius 2 is 2.35 bits per heavy atom. The Kier molecular flexibility index (Phi) is 4.92. The lowest BCUT2D eigenvalue weighted by atomic mass is 10.0. The Bertz CT molecular complexity index is 466. The molecule has 6 nitrogen and oxygen atoms in total. The molecule has 1 N–H and O–H groups in total. The minimum absolute atomic E-state index is 0.106. The van der Waals surface area contributed by atoms with Gasteiger partial charge < -0.3 is 14.6 Å². The number of nitrogens with zero attached hydrogens (tertiary/aromatic N) is 2. The second kappa shape index (κ2) is 6.67. The first-order valence-corrected chi connectivity index (χ1v) is 6.70. The molecule has 0 spiro atoms. The van der Waals surface area contributed by atoms with Crippen LogP contribution >= 0.6 is 0 Å². The Balaban J connectivity index is 2.10. The quantitative estimate of drug-likeness (QED) is 0.838. The van der Waals surface area contributed by atoms with Gasteiger partial charge in [-0.1, -0.05) is 13.0 Å². The predicted molar refractivity (Wildman–Crippen MR) is 72.6 cm³/mol. The summed E-state index contributed by atoms with van der Waals surface area (Å²) in [5, 5.41) is 9.23. The van der Waals surface area contributed by atoms with Crippen molar-refractivity contribution >= 4 is 5.97 Å². The van der Waals surface area contributed by atoms with Crippen LogP contribution in [0.5, 0.6) is 5.88 Å². The molecule has 20 heavy (non-hydrogen) atoms. The molecule has 1 saturated heterocycles. The van der Waals surface area contributed by atoms with Crippen molar-refractivity contribution in [1.82, 2.24) is 9.88 Å². The fourth-order valence-electron chi connectivity index (χ4n) is 2.47. The largest absolute Gasteiger partial charge is 0.481 e. The van der Waals surface area contributed by atoms with Crippen LogP contribution in [0.3, 0.4) is 0 Å². The smallest absolute Gasteiger partial charge is 0.310 e. The lowest BCUT2D eigenvalue weighted by Gasteiger charge is -2.28. The van der Waals surface area contributed by atoms with Crippen LogP contribution in [-0.2, 0) is 16.1 Å². The number of methoxy groups -OCH3 is 1. The van der Waals surface area contributed by atoms with Crippen molar-refractivity contribution < 1.29 is 19.4 Å². The molecule has 110 valence electrons. The van der Waals surface area contributed by atoms with E-state index in [-0.39, 0.29) is 12.6 Å². The molecule has 2 rings (SSSR count). The number of hydrogen-bond donors (Lipinski definition) is 1. The van der Waals surface area contributed by atoms with Gasteiger partial charge in [-0.25, -0.2) is 4.98 Å². The third kappa shape index (κ3) is 3.26. The normalized spacial score (nSPS) is 22.1. The van der Waals surface area contributed by atoms with E-state index in [1.807, 2.05) is 19.1 Å². The van der Waals surface area contributed by atoms with Crippen molar-refractivity contribution in [3.05, 3.63) is 23.9 Å². The van der Waals surface area contributed by atoms with Gasteiger partial charge in [0.2, 0.25) is 5.88 Å². The van der Waals surface area contributed by atoms with Crippen molar-refractivity contribution in [3.8, 4) is 5.88 Å². The maximum absolute atomic E-state index is 11.2. The van der Waals surface area contributed by atoms with Crippen LogP contribution in [0.15, 0.2) is 18.2 Å². The van der Waals surface area contributed by atoms with Gasteiger partial charge in [-0.2, -0.15) is 0 Å². The SMILES string of the molecule is CCN(Cc1cccc(OC)n1)C1COCC1C(=O)O. The maximum Gasteiger partial charge on any atom is 0.310 e. The first kappa shape index (κ1) is 14.7. The van der Waals surface area contributed by atoms with Gasteiger partial charge in [0.15, 0.2) is 0 Å². The third-order valence-corrected chi connectivity index (χ3v) is 3.60. The van der Waals surface area contributed by atoms with E-state index < -0.39 is 11.9 Å². The van der Waals surface area contributed by atoms with Crippen molar-refractivity contribution in [2.24, 2.45) is 5.92 Å². The lowest BCUT2D eigenvalue weighted by molar-refractivity contribution is -0.143. The molecule has 0 aromatic carbocycles. The second-order valence-electron chi connectivity index (χ2n) is 4.78. The monoisotopic (exact) mass is 280 g/mol. The molecule has 2 heterocycles. The summed E-state index contributed by atoms with van der Waals surface area (Å²) >= 11 is 0. The summed E-state index contributed by atoms with van der Waals surface area (Å²) in [4.78, 5) is 17.7. The lowest BCUT2D eigenvalue weighted by Crippen LogP contribution is -2.42. The number of aliphatic carboxylic acids is 1. The number of carboxylic acids is 1. The Morgan fingerprint density at radius 3 is 3.00 bits per heavy atom. The number of aromatic nitrogens is 1. The van der Waals surface area contributed by atoms with Crippen LogP contribution in [0.25, 0.3) is 0 Å². The minimum Gasteiger partial charge on any atom is -0.481 e. The topological polar surface area (TPSA) is 71.9 Å². The third-order valence-electron chi connectivity index (χ3n) is 3.60. The van der Waals surface area contributed by atoms with Gasteiger partial charge in [0, 0.05) is 18.7 Å². The van der Waals surface area contributed by atoms with Gasteiger partial charge in [0.25, 0.3) is 0 Å². The van der Waals surface area contributed by atoms with E-state index in [1.165, 1.54) is 0 Å². The molecule has 0 amide bonds. The van der Waals surface area contributed by atoms with E-state index in [0.717, 1.165) is 12.2 Å². The van der Waals surface area contributed by atoms with Gasteiger partial charge in [-0.05, 0) is 12.6 Å². The molecular weight excluding hydrogens is 260 g/mol. The summed E-state index contributed by atoms with van der Waals surface area (Å²) < 4.78 is 10.4. The van der Waals surface area contributed by atoms with E-state index in [9.17, 15) is 9.90 Å². The second-order valence-corrected chi connectivity index (χ2v) is 4.78. The molecule has 1 aromatic heterocycles. The van der Waals surface area contributed by atoms with Crippen LogP contribution in [0.2, 0.25) is 0 Å². The van der Waals surface area contributed by atoms with Crippen molar-refractivity contribution in [2.45, 2.75) is 19.5 Å². The van der Waals surface area contributed by atoms with Gasteiger partial charge in [0.05, 0.1) is 31.9 Å². The van der Waals surface area contributed by atoms with E-state index >= 15 is 0 Å². The van der Waals surface area contributed by atoms with E-state index in [0.29, 0.717) is 19.0 Å². The highest BCUT2D eigenvalue weighted by Gasteiger charge is 2.37. The number of rotatable bonds is 6. The molecule has 6 heteroatoms. The zero-order valence-corrected chi connectivity index (χ0v) is 11.8. The van der Waals surface area contributed by atoms with Crippen LogP contribution in [-0.4, -0.2) is 53.9 Å². The molecule has 2 unspecified atom stereocenters. The highest BCUT2D eigenvalue weighted by Crippen LogP contribution is 2.22. The number of ether oxygens (including phenoxy) is 2. The van der Waals surface area contributed by atoms with Crippen LogP contribution < -0.4 is 4.74 Å². The molecule has 1 fully saturated rings. The molecule has 0 radical (unpaired) electrons. The molecule has 1 aromatic rings. The summed E-state index contributed by atoms with van der Waals surface area (Å²) in [6, 6.07) is 5.48. The zero-order chi connectivity index (χ0) is 14.5. The molecular formula is C14H20N2O4. The molecule has 1 aliphatic rings. The van der Waals surface area contributed by atoms with Gasteiger partial charge in [-0.3, -0.25) is 9.69 Å². The number of likely N-dealkylation sites (N-methyl/N-ethyl adjacent to an activating group) is 1. The number of hydrogen-bond acceptors (Lipinski definition) is 5. The van der Waals surface area contributed by atoms with Crippen LogP contribution in [0, 0.1) is 5.92 Å². The Labute approximate surface area is 118 Å². The summed E-state index contributed by atoms with van der Waals surface area (Å²) in [5.74, 6) is -0.707. The highest BCUT2D eigenvalue weighted by molar-refractivity contribution is 5.71. The molecule has 1 aliphatic heterocycles. The van der Waals surface area contributed by atoms with E-state index in [1.54, 1.807) is 13.2 Å². The van der Waals surface area contributed by atoms with Crippen LogP contribution in [0.1, 0.15) is 12.6 Å². The van der Waals surface area contributed by atoms with Gasteiger partial charge in [0.1, 0.15) is 0 Å². The summed E-state index contributed by atoms with van der Waals surface area (Å²) in [7, 11) is 1.58. The standard InChI is InChI=1S/C14H20N2O4/c1-3-16(12-9-20-8-11(12)14(17)18)7-10-5-4-6-13(15-10)19-2/h4-6,11-12H,3,7-9H2,1-2H3,(H,17,18). The molecule has 0 bridgehead atoms. The van der Waals surface area contributed by atoms with Crippen molar-refractivity contribution in [1.29, 1.82) is 0 Å². The Hall–Kier alpha value is -1.66. The zero-order valence-electron chi connectivity index (χ0n) is 11.8. The molecule has 2 atom stereocenters. The Morgan fingerprint density at radius 1 is 1.55 bits per heavy atom. The first-order chi connectivity index (χ1) is 9.65. The number of pyridine rings is 1. The summed E-state index contributed by atoms with van der Waals surface area (Å²) in [6.07, 6.45) is 0. The number of carbonyl (C=O) groups is 1. The number of carboxylic acid groups (broad SMARTS) is 1. The fourth-order valence-corrected chi connectivity index (χ4v) is 2.47. The van der Waals surface area contributed by atoms with Crippen molar-refractivity contribution in [3.63, 3.8) is 0 Å². The van der Waals surface area contributed by atoms with Gasteiger partial charge in [-0.15, -0.1) is 0 Å². The van der Waals surface area contributed by atoms with Crippen molar-refractivity contribution in [2.75, 3.05) is 26.9 Å². The highest BCUT2D eigenvalue weighted by atomic mass is 16.5. The minimum atomic E-state index is -0.801. The fraction of sp³-hybridized carbons (Fsp3) is 0.571.